The van der Waals surface area contributed by atoms with Crippen molar-refractivity contribution < 1.29 is 17.9 Å². The van der Waals surface area contributed by atoms with Crippen molar-refractivity contribution in [2.24, 2.45) is 0 Å². The average molecular weight is 302 g/mol. The summed E-state index contributed by atoms with van der Waals surface area (Å²) in [5, 5.41) is 6.81. The number of hydrogen-bond acceptors (Lipinski definition) is 3. The van der Waals surface area contributed by atoms with E-state index in [-0.39, 0.29) is 5.75 Å². The van der Waals surface area contributed by atoms with Crippen LogP contribution in [0, 0.1) is 0 Å². The van der Waals surface area contributed by atoms with Gasteiger partial charge in [-0.05, 0) is 50.0 Å². The van der Waals surface area contributed by atoms with Crippen molar-refractivity contribution >= 4 is 0 Å². The van der Waals surface area contributed by atoms with Crippen LogP contribution in [0.2, 0.25) is 0 Å². The number of nitrogens with one attached hydrogen (secondary N) is 2. The molecule has 1 aliphatic rings. The molecule has 1 saturated heterocycles. The minimum absolute atomic E-state index is 0.258. The minimum atomic E-state index is -4.30. The molecule has 2 rings (SSSR count). The Morgan fingerprint density at radius 1 is 1.24 bits per heavy atom. The summed E-state index contributed by atoms with van der Waals surface area (Å²) in [6.45, 7) is 1.46. The van der Waals surface area contributed by atoms with E-state index in [4.69, 9.17) is 4.74 Å². The maximum absolute atomic E-state index is 12.1. The molecule has 0 unspecified atom stereocenters. The van der Waals surface area contributed by atoms with Crippen LogP contribution in [0.1, 0.15) is 24.8 Å². The zero-order chi connectivity index (χ0) is 15.1. The maximum atomic E-state index is 12.1. The molecular weight excluding hydrogens is 281 g/mol. The first-order valence-electron chi connectivity index (χ1n) is 7.25. The van der Waals surface area contributed by atoms with E-state index in [2.05, 4.69) is 10.6 Å². The molecule has 0 aliphatic carbocycles. The SMILES string of the molecule is FC(F)(F)COc1cccc(CN[C@H]2CCCNCC2)c1. The van der Waals surface area contributed by atoms with Crippen molar-refractivity contribution in [3.05, 3.63) is 29.8 Å². The lowest BCUT2D eigenvalue weighted by atomic mass is 10.1. The Labute approximate surface area is 122 Å². The number of hydrogen-bond donors (Lipinski definition) is 2. The molecule has 1 aromatic carbocycles. The van der Waals surface area contributed by atoms with Crippen molar-refractivity contribution in [3.63, 3.8) is 0 Å². The first-order chi connectivity index (χ1) is 10.0. The maximum Gasteiger partial charge on any atom is 0.422 e. The molecule has 0 saturated carbocycles. The third kappa shape index (κ3) is 6.35. The summed E-state index contributed by atoms with van der Waals surface area (Å²) in [6.07, 6.45) is -0.963. The lowest BCUT2D eigenvalue weighted by molar-refractivity contribution is -0.153. The largest absolute Gasteiger partial charge is 0.484 e. The molecule has 0 spiro atoms. The standard InChI is InChI=1S/C15H21F3N2O/c16-15(17,18)11-21-14-5-1-3-12(9-14)10-20-13-4-2-7-19-8-6-13/h1,3,5,9,13,19-20H,2,4,6-8,10-11H2/t13-/m0/s1. The second-order valence-electron chi connectivity index (χ2n) is 5.31. The van der Waals surface area contributed by atoms with Crippen LogP contribution in [0.25, 0.3) is 0 Å². The molecule has 1 aliphatic heterocycles. The molecule has 0 radical (unpaired) electrons. The number of ether oxygens (including phenoxy) is 1. The highest BCUT2D eigenvalue weighted by molar-refractivity contribution is 5.28. The molecule has 1 fully saturated rings. The third-order valence-electron chi connectivity index (χ3n) is 3.47. The second-order valence-corrected chi connectivity index (χ2v) is 5.31. The van der Waals surface area contributed by atoms with Gasteiger partial charge < -0.3 is 15.4 Å². The fraction of sp³-hybridized carbons (Fsp3) is 0.600. The molecule has 0 bridgehead atoms. The van der Waals surface area contributed by atoms with Crippen LogP contribution in [0.4, 0.5) is 13.2 Å². The summed E-state index contributed by atoms with van der Waals surface area (Å²) < 4.78 is 41.1. The molecule has 0 aromatic heterocycles. The highest BCUT2D eigenvalue weighted by atomic mass is 19.4. The Morgan fingerprint density at radius 3 is 2.90 bits per heavy atom. The molecule has 1 atom stereocenters. The Hall–Kier alpha value is -1.27. The second kappa shape index (κ2) is 7.66. The van der Waals surface area contributed by atoms with Gasteiger partial charge in [0.1, 0.15) is 5.75 Å². The highest BCUT2D eigenvalue weighted by Crippen LogP contribution is 2.19. The Balaban J connectivity index is 1.82. The van der Waals surface area contributed by atoms with Gasteiger partial charge in [-0.2, -0.15) is 13.2 Å². The van der Waals surface area contributed by atoms with Gasteiger partial charge in [0.15, 0.2) is 6.61 Å². The lowest BCUT2D eigenvalue weighted by Gasteiger charge is -2.16. The summed E-state index contributed by atoms with van der Waals surface area (Å²) in [5.41, 5.74) is 0.937. The van der Waals surface area contributed by atoms with E-state index in [1.54, 1.807) is 18.2 Å². The normalized spacial score (nSPS) is 20.0. The summed E-state index contributed by atoms with van der Waals surface area (Å²) in [7, 11) is 0. The quantitative estimate of drug-likeness (QED) is 0.877. The number of rotatable bonds is 5. The van der Waals surface area contributed by atoms with Crippen molar-refractivity contribution in [1.29, 1.82) is 0 Å². The van der Waals surface area contributed by atoms with E-state index in [1.807, 2.05) is 6.07 Å². The van der Waals surface area contributed by atoms with Crippen molar-refractivity contribution in [2.75, 3.05) is 19.7 Å². The summed E-state index contributed by atoms with van der Waals surface area (Å²) in [5.74, 6) is 0.258. The molecule has 2 N–H and O–H groups in total. The molecule has 118 valence electrons. The monoisotopic (exact) mass is 302 g/mol. The van der Waals surface area contributed by atoms with E-state index >= 15 is 0 Å². The van der Waals surface area contributed by atoms with Crippen LogP contribution in [0.3, 0.4) is 0 Å². The summed E-state index contributed by atoms with van der Waals surface area (Å²) >= 11 is 0. The van der Waals surface area contributed by atoms with Gasteiger partial charge >= 0.3 is 6.18 Å². The summed E-state index contributed by atoms with van der Waals surface area (Å²) in [6, 6.07) is 7.28. The van der Waals surface area contributed by atoms with E-state index in [0.717, 1.165) is 37.9 Å². The number of benzene rings is 1. The van der Waals surface area contributed by atoms with Gasteiger partial charge in [-0.15, -0.1) is 0 Å². The smallest absolute Gasteiger partial charge is 0.422 e. The molecule has 6 heteroatoms. The molecule has 1 aromatic rings. The molecular formula is C15H21F3N2O. The van der Waals surface area contributed by atoms with Crippen LogP contribution in [-0.4, -0.2) is 31.9 Å². The molecule has 3 nitrogen and oxygen atoms in total. The molecule has 0 amide bonds. The molecule has 21 heavy (non-hydrogen) atoms. The molecule has 1 heterocycles. The zero-order valence-corrected chi connectivity index (χ0v) is 11.9. The summed E-state index contributed by atoms with van der Waals surface area (Å²) in [4.78, 5) is 0. The highest BCUT2D eigenvalue weighted by Gasteiger charge is 2.28. The number of alkyl halides is 3. The lowest BCUT2D eigenvalue weighted by Crippen LogP contribution is -2.29. The van der Waals surface area contributed by atoms with Crippen LogP contribution < -0.4 is 15.4 Å². The van der Waals surface area contributed by atoms with Crippen LogP contribution in [0.5, 0.6) is 5.75 Å². The third-order valence-corrected chi connectivity index (χ3v) is 3.47. The zero-order valence-electron chi connectivity index (χ0n) is 11.9. The Bertz CT molecular complexity index is 429. The van der Waals surface area contributed by atoms with E-state index in [1.165, 1.54) is 0 Å². The van der Waals surface area contributed by atoms with Crippen LogP contribution in [-0.2, 0) is 6.54 Å². The van der Waals surface area contributed by atoms with Crippen molar-refractivity contribution in [2.45, 2.75) is 38.0 Å². The topological polar surface area (TPSA) is 33.3 Å². The predicted octanol–water partition coefficient (Wildman–Crippen LogP) is 2.86. The van der Waals surface area contributed by atoms with E-state index in [9.17, 15) is 13.2 Å². The first-order valence-corrected chi connectivity index (χ1v) is 7.25. The van der Waals surface area contributed by atoms with E-state index in [0.29, 0.717) is 12.6 Å². The van der Waals surface area contributed by atoms with Crippen LogP contribution >= 0.6 is 0 Å². The Kier molecular flexibility index (Phi) is 5.87. The fourth-order valence-corrected chi connectivity index (χ4v) is 2.40. The van der Waals surface area contributed by atoms with Gasteiger partial charge in [0.2, 0.25) is 0 Å². The van der Waals surface area contributed by atoms with Crippen molar-refractivity contribution in [3.8, 4) is 5.75 Å². The van der Waals surface area contributed by atoms with Gasteiger partial charge in [0, 0.05) is 12.6 Å². The Morgan fingerprint density at radius 2 is 2.10 bits per heavy atom. The van der Waals surface area contributed by atoms with Gasteiger partial charge in [0.05, 0.1) is 0 Å². The average Bonchev–Trinajstić information content (AvgIpc) is 2.71. The van der Waals surface area contributed by atoms with Gasteiger partial charge in [-0.1, -0.05) is 12.1 Å². The predicted molar refractivity (Wildman–Crippen MR) is 75.3 cm³/mol. The van der Waals surface area contributed by atoms with Gasteiger partial charge in [-0.25, -0.2) is 0 Å². The van der Waals surface area contributed by atoms with Crippen molar-refractivity contribution in [1.82, 2.24) is 10.6 Å². The van der Waals surface area contributed by atoms with Gasteiger partial charge in [0.25, 0.3) is 0 Å². The van der Waals surface area contributed by atoms with Crippen LogP contribution in [0.15, 0.2) is 24.3 Å². The number of halogens is 3. The fourth-order valence-electron chi connectivity index (χ4n) is 2.40. The minimum Gasteiger partial charge on any atom is -0.484 e. The van der Waals surface area contributed by atoms with Gasteiger partial charge in [-0.3, -0.25) is 0 Å². The van der Waals surface area contributed by atoms with E-state index < -0.39 is 12.8 Å². The first kappa shape index (κ1) is 16.1.